The van der Waals surface area contributed by atoms with Crippen molar-refractivity contribution >= 4 is 17.1 Å². The lowest BCUT2D eigenvalue weighted by molar-refractivity contribution is -0.204. The van der Waals surface area contributed by atoms with E-state index in [-0.39, 0.29) is 12.2 Å². The molecule has 0 aromatic heterocycles. The van der Waals surface area contributed by atoms with Crippen molar-refractivity contribution < 1.29 is 25.2 Å². The second-order valence-electron chi connectivity index (χ2n) is 11.0. The van der Waals surface area contributed by atoms with Crippen LogP contribution in [-0.2, 0) is 4.74 Å². The average molecular weight is 529 g/mol. The van der Waals surface area contributed by atoms with E-state index in [9.17, 15) is 20.4 Å². The lowest BCUT2D eigenvalue weighted by atomic mass is 9.75. The third kappa shape index (κ3) is 4.22. The summed E-state index contributed by atoms with van der Waals surface area (Å²) in [4.78, 5) is 14.4. The van der Waals surface area contributed by atoms with Gasteiger partial charge in [-0.25, -0.2) is 15.0 Å². The smallest absolute Gasteiger partial charge is 0.130 e. The molecule has 1 unspecified atom stereocenters. The standard InChI is InChI=1S/C30H32N4O5/c1-14-7-19-10-27-30(4,29-25(37)12-24(36)26(13-35)39-29)28(38)23(34-27)9-18-6-16(3)22(32-18)11-21-15(2)5-17(31-21)8-20(14)33-19/h5-11,24-26,29,34-38H,12-13H2,1-4H3/t24-,25-,26-,29-,30?/m1/s1. The van der Waals surface area contributed by atoms with Crippen LogP contribution in [0.25, 0.3) is 0 Å². The van der Waals surface area contributed by atoms with Gasteiger partial charge in [-0.05, 0) is 86.9 Å². The molecule has 0 aromatic carbocycles. The zero-order valence-electron chi connectivity index (χ0n) is 22.3. The van der Waals surface area contributed by atoms with Crippen LogP contribution in [0.15, 0.2) is 108 Å². The summed E-state index contributed by atoms with van der Waals surface area (Å²) in [5, 5.41) is 46.1. The number of hydrogen-bond donors (Lipinski definition) is 5. The highest BCUT2D eigenvalue weighted by atomic mass is 16.5. The minimum Gasteiger partial charge on any atom is -0.509 e. The summed E-state index contributed by atoms with van der Waals surface area (Å²) in [7, 11) is 0. The average Bonchev–Trinajstić information content (AvgIpc) is 3.57. The molecular formula is C30H32N4O5. The second-order valence-corrected chi connectivity index (χ2v) is 11.0. The van der Waals surface area contributed by atoms with Crippen molar-refractivity contribution in [3.63, 3.8) is 0 Å². The van der Waals surface area contributed by atoms with Crippen molar-refractivity contribution in [3.8, 4) is 0 Å². The van der Waals surface area contributed by atoms with Crippen LogP contribution in [0.4, 0.5) is 0 Å². The Morgan fingerprint density at radius 1 is 0.872 bits per heavy atom. The van der Waals surface area contributed by atoms with E-state index in [4.69, 9.17) is 19.7 Å². The topological polar surface area (TPSA) is 139 Å². The SMILES string of the molecule is CC1=CC2=NC1=CC1=NC(=CC3=C(O)C(C)([C@@H]4O[C@H](CO)[C@H](O)C[C@H]4O)C(=CC4=NC(=C2)C(C)=C4)N3)C=C1C. The normalized spacial score (nSPS) is 33.7. The molecule has 0 saturated carbocycles. The van der Waals surface area contributed by atoms with Gasteiger partial charge in [-0.1, -0.05) is 0 Å². The zero-order valence-corrected chi connectivity index (χ0v) is 22.3. The van der Waals surface area contributed by atoms with Gasteiger partial charge in [-0.3, -0.25) is 0 Å². The Bertz CT molecular complexity index is 1510. The van der Waals surface area contributed by atoms with Crippen LogP contribution in [0.2, 0.25) is 0 Å². The quantitative estimate of drug-likeness (QED) is 0.373. The Kier molecular flexibility index (Phi) is 6.07. The maximum atomic E-state index is 11.7. The number of rotatable bonds is 2. The Balaban J connectivity index is 1.53. The molecule has 6 aliphatic rings. The van der Waals surface area contributed by atoms with E-state index in [0.29, 0.717) is 22.8 Å². The maximum absolute atomic E-state index is 11.7. The molecule has 0 radical (unpaired) electrons. The Morgan fingerprint density at radius 2 is 1.54 bits per heavy atom. The van der Waals surface area contributed by atoms with E-state index in [1.54, 1.807) is 13.0 Å². The summed E-state index contributed by atoms with van der Waals surface area (Å²) < 4.78 is 6.03. The molecule has 6 aliphatic heterocycles. The monoisotopic (exact) mass is 528 g/mol. The summed E-state index contributed by atoms with van der Waals surface area (Å²) in [5.41, 5.74) is 7.27. The summed E-state index contributed by atoms with van der Waals surface area (Å²) in [6, 6.07) is 0. The molecule has 0 aromatic rings. The van der Waals surface area contributed by atoms with Gasteiger partial charge in [0.25, 0.3) is 0 Å². The van der Waals surface area contributed by atoms with Crippen LogP contribution in [-0.4, -0.2) is 68.6 Å². The van der Waals surface area contributed by atoms with Gasteiger partial charge >= 0.3 is 0 Å². The zero-order chi connectivity index (χ0) is 27.6. The first-order valence-electron chi connectivity index (χ1n) is 13.1. The molecule has 8 bridgehead atoms. The predicted octanol–water partition coefficient (Wildman–Crippen LogP) is 2.99. The molecular weight excluding hydrogens is 496 g/mol. The fourth-order valence-corrected chi connectivity index (χ4v) is 5.79. The van der Waals surface area contributed by atoms with E-state index in [1.807, 2.05) is 57.2 Å². The lowest BCUT2D eigenvalue weighted by Gasteiger charge is -2.44. The van der Waals surface area contributed by atoms with Gasteiger partial charge in [0.1, 0.15) is 18.0 Å². The number of nitrogens with zero attached hydrogens (tertiary/aromatic N) is 3. The van der Waals surface area contributed by atoms with Crippen molar-refractivity contribution in [2.45, 2.75) is 58.5 Å². The van der Waals surface area contributed by atoms with Crippen LogP contribution < -0.4 is 5.32 Å². The molecule has 0 spiro atoms. The first kappa shape index (κ1) is 25.6. The van der Waals surface area contributed by atoms with Gasteiger partial charge in [0, 0.05) is 12.1 Å². The molecule has 6 rings (SSSR count). The Labute approximate surface area is 226 Å². The fraction of sp³-hybridized carbons (Fsp3) is 0.367. The van der Waals surface area contributed by atoms with Crippen molar-refractivity contribution in [2.24, 2.45) is 20.4 Å². The summed E-state index contributed by atoms with van der Waals surface area (Å²) in [6.45, 7) is 7.34. The highest BCUT2D eigenvalue weighted by Crippen LogP contribution is 2.48. The molecule has 1 fully saturated rings. The van der Waals surface area contributed by atoms with Crippen molar-refractivity contribution in [2.75, 3.05) is 6.61 Å². The van der Waals surface area contributed by atoms with Gasteiger partial charge in [-0.15, -0.1) is 0 Å². The Morgan fingerprint density at radius 3 is 2.23 bits per heavy atom. The minimum atomic E-state index is -1.22. The molecule has 9 nitrogen and oxygen atoms in total. The molecule has 1 saturated heterocycles. The number of aliphatic hydroxyl groups excluding tert-OH is 4. The Hall–Kier alpha value is -3.63. The fourth-order valence-electron chi connectivity index (χ4n) is 5.79. The molecule has 5 N–H and O–H groups in total. The molecule has 6 heterocycles. The van der Waals surface area contributed by atoms with E-state index < -0.39 is 36.4 Å². The highest BCUT2D eigenvalue weighted by molar-refractivity contribution is 6.14. The highest BCUT2D eigenvalue weighted by Gasteiger charge is 2.54. The number of aliphatic hydroxyl groups is 4. The third-order valence-electron chi connectivity index (χ3n) is 8.10. The second kappa shape index (κ2) is 9.24. The molecule has 0 amide bonds. The van der Waals surface area contributed by atoms with Crippen molar-refractivity contribution in [1.29, 1.82) is 0 Å². The number of fused-ring (bicyclic) bond motifs is 5. The molecule has 5 atom stereocenters. The number of ether oxygens (including phenoxy) is 1. The van der Waals surface area contributed by atoms with Gasteiger partial charge in [0.05, 0.1) is 64.2 Å². The summed E-state index contributed by atoms with van der Waals surface area (Å²) in [5.74, 6) is -0.0331. The third-order valence-corrected chi connectivity index (χ3v) is 8.10. The number of nitrogens with one attached hydrogen (secondary N) is 1. The molecule has 0 aliphatic carbocycles. The van der Waals surface area contributed by atoms with Crippen LogP contribution in [0.5, 0.6) is 0 Å². The molecule has 9 heteroatoms. The van der Waals surface area contributed by atoms with Crippen molar-refractivity contribution in [3.05, 3.63) is 93.5 Å². The van der Waals surface area contributed by atoms with E-state index in [1.165, 1.54) is 0 Å². The predicted molar refractivity (Wildman–Crippen MR) is 149 cm³/mol. The van der Waals surface area contributed by atoms with Gasteiger partial charge in [0.15, 0.2) is 0 Å². The number of allylic oxidation sites excluding steroid dienone is 10. The van der Waals surface area contributed by atoms with Crippen LogP contribution in [0.1, 0.15) is 34.1 Å². The van der Waals surface area contributed by atoms with Gasteiger partial charge in [0.2, 0.25) is 0 Å². The minimum absolute atomic E-state index is 0.00854. The first-order chi connectivity index (χ1) is 18.6. The first-order valence-corrected chi connectivity index (χ1v) is 13.1. The van der Waals surface area contributed by atoms with Crippen LogP contribution in [0, 0.1) is 5.41 Å². The lowest BCUT2D eigenvalue weighted by Crippen LogP contribution is -2.55. The number of hydrogen-bond acceptors (Lipinski definition) is 9. The van der Waals surface area contributed by atoms with Crippen LogP contribution in [0.3, 0.4) is 0 Å². The van der Waals surface area contributed by atoms with Gasteiger partial charge < -0.3 is 30.5 Å². The van der Waals surface area contributed by atoms with Crippen molar-refractivity contribution in [1.82, 2.24) is 5.32 Å². The van der Waals surface area contributed by atoms with E-state index in [0.717, 1.165) is 39.5 Å². The summed E-state index contributed by atoms with van der Waals surface area (Å²) >= 11 is 0. The summed E-state index contributed by atoms with van der Waals surface area (Å²) in [6.07, 6.45) is 9.49. The molecule has 202 valence electrons. The maximum Gasteiger partial charge on any atom is 0.130 e. The largest absolute Gasteiger partial charge is 0.509 e. The van der Waals surface area contributed by atoms with E-state index >= 15 is 0 Å². The van der Waals surface area contributed by atoms with E-state index in [2.05, 4.69) is 5.32 Å². The van der Waals surface area contributed by atoms with Gasteiger partial charge in [-0.2, -0.15) is 0 Å². The molecule has 39 heavy (non-hydrogen) atoms. The number of aliphatic imine (C=N–C) groups is 3. The van der Waals surface area contributed by atoms with Crippen LogP contribution >= 0.6 is 0 Å².